The lowest BCUT2D eigenvalue weighted by molar-refractivity contribution is 1.41. The second-order valence-electron chi connectivity index (χ2n) is 1.82. The first-order valence-corrected chi connectivity index (χ1v) is 3.62. The fourth-order valence-electron chi connectivity index (χ4n) is 0.627. The van der Waals surface area contributed by atoms with E-state index in [0.29, 0.717) is 0 Å². The summed E-state index contributed by atoms with van der Waals surface area (Å²) in [6.45, 7) is 0. The summed E-state index contributed by atoms with van der Waals surface area (Å²) in [7, 11) is 0. The summed E-state index contributed by atoms with van der Waals surface area (Å²) in [5.74, 6) is 0. The summed E-state index contributed by atoms with van der Waals surface area (Å²) in [6, 6.07) is 1.94. The van der Waals surface area contributed by atoms with E-state index in [4.69, 9.17) is 5.41 Å². The minimum absolute atomic E-state index is 0.770. The zero-order valence-corrected chi connectivity index (χ0v) is 6.85. The van der Waals surface area contributed by atoms with Crippen LogP contribution in [0.1, 0.15) is 5.56 Å². The van der Waals surface area contributed by atoms with Crippen molar-refractivity contribution in [2.45, 2.75) is 0 Å². The van der Waals surface area contributed by atoms with Gasteiger partial charge in [0.05, 0.1) is 0 Å². The van der Waals surface area contributed by atoms with Gasteiger partial charge >= 0.3 is 0 Å². The van der Waals surface area contributed by atoms with Crippen molar-refractivity contribution in [1.82, 2.24) is 4.98 Å². The summed E-state index contributed by atoms with van der Waals surface area (Å²) >= 11 is 3.20. The number of nitrogens with one attached hydrogen (secondary N) is 2. The van der Waals surface area contributed by atoms with Crippen LogP contribution in [0.3, 0.4) is 0 Å². The zero-order valence-electron chi connectivity index (χ0n) is 5.26. The average Bonchev–Trinajstić information content (AvgIpc) is 2.40. The molecule has 0 radical (unpaired) electrons. The minimum Gasteiger partial charge on any atom is -0.367 e. The Balaban J connectivity index is 2.80. The Hall–Kier alpha value is -0.830. The molecule has 0 aliphatic carbocycles. The monoisotopic (exact) mass is 198 g/mol. The van der Waals surface area contributed by atoms with Gasteiger partial charge in [0.15, 0.2) is 0 Å². The van der Waals surface area contributed by atoms with Crippen LogP contribution in [-0.2, 0) is 0 Å². The molecule has 1 heterocycles. The van der Waals surface area contributed by atoms with E-state index >= 15 is 0 Å². The molecule has 0 aromatic carbocycles. The number of hydrogen-bond acceptors (Lipinski definition) is 1. The molecule has 0 spiro atoms. The van der Waals surface area contributed by atoms with E-state index in [1.807, 2.05) is 24.5 Å². The van der Waals surface area contributed by atoms with Crippen molar-refractivity contribution >= 4 is 28.2 Å². The molecule has 0 bridgehead atoms. The maximum absolute atomic E-state index is 6.86. The van der Waals surface area contributed by atoms with Gasteiger partial charge in [0.1, 0.15) is 0 Å². The smallest absolute Gasteiger partial charge is 0.0357 e. The van der Waals surface area contributed by atoms with Crippen LogP contribution in [0.15, 0.2) is 22.9 Å². The number of hydrogen-bond donors (Lipinski definition) is 2. The van der Waals surface area contributed by atoms with Gasteiger partial charge in [-0.25, -0.2) is 0 Å². The number of rotatable bonds is 2. The Morgan fingerprint density at radius 1 is 1.70 bits per heavy atom. The van der Waals surface area contributed by atoms with Crippen molar-refractivity contribution in [2.24, 2.45) is 0 Å². The number of H-pyrrole nitrogens is 1. The maximum Gasteiger partial charge on any atom is 0.0357 e. The Kier molecular flexibility index (Phi) is 2.45. The topological polar surface area (TPSA) is 39.6 Å². The molecule has 10 heavy (non-hydrogen) atoms. The van der Waals surface area contributed by atoms with Gasteiger partial charge in [-0.1, -0.05) is 0 Å². The highest BCUT2D eigenvalue weighted by molar-refractivity contribution is 9.12. The molecule has 2 nitrogen and oxygen atoms in total. The molecule has 1 aromatic heterocycles. The number of aromatic amines is 1. The first kappa shape index (κ1) is 7.28. The molecule has 0 fully saturated rings. The van der Waals surface area contributed by atoms with E-state index in [0.717, 1.165) is 10.0 Å². The maximum atomic E-state index is 6.86. The summed E-state index contributed by atoms with van der Waals surface area (Å²) in [4.78, 5) is 2.92. The predicted octanol–water partition coefficient (Wildman–Crippen LogP) is 2.40. The molecular weight excluding hydrogens is 192 g/mol. The molecule has 52 valence electrons. The Morgan fingerprint density at radius 3 is 3.00 bits per heavy atom. The fraction of sp³-hybridized carbons (Fsp3) is 0. The van der Waals surface area contributed by atoms with Crippen LogP contribution in [0.2, 0.25) is 0 Å². The van der Waals surface area contributed by atoms with Crippen LogP contribution in [-0.4, -0.2) is 11.2 Å². The van der Waals surface area contributed by atoms with Crippen molar-refractivity contribution in [3.05, 3.63) is 28.5 Å². The second-order valence-corrected chi connectivity index (χ2v) is 2.73. The lowest BCUT2D eigenvalue weighted by Crippen LogP contribution is -1.68. The van der Waals surface area contributed by atoms with Crippen LogP contribution in [0, 0.1) is 5.41 Å². The third-order valence-electron chi connectivity index (χ3n) is 1.06. The van der Waals surface area contributed by atoms with Crippen molar-refractivity contribution in [1.29, 1.82) is 5.41 Å². The van der Waals surface area contributed by atoms with Gasteiger partial charge < -0.3 is 10.4 Å². The third kappa shape index (κ3) is 1.84. The van der Waals surface area contributed by atoms with Crippen LogP contribution in [0.5, 0.6) is 0 Å². The highest BCUT2D eigenvalue weighted by Gasteiger charge is 1.87. The largest absolute Gasteiger partial charge is 0.367 e. The Labute approximate surface area is 67.6 Å². The first-order chi connectivity index (χ1) is 4.83. The van der Waals surface area contributed by atoms with Crippen molar-refractivity contribution < 1.29 is 0 Å². The van der Waals surface area contributed by atoms with Gasteiger partial charge in [0, 0.05) is 23.1 Å². The van der Waals surface area contributed by atoms with Crippen molar-refractivity contribution in [2.75, 3.05) is 0 Å². The molecule has 2 N–H and O–H groups in total. The van der Waals surface area contributed by atoms with E-state index in [-0.39, 0.29) is 0 Å². The number of halogens is 1. The Bertz CT molecular complexity index is 236. The van der Waals surface area contributed by atoms with Crippen LogP contribution in [0.4, 0.5) is 0 Å². The number of aromatic nitrogens is 1. The molecule has 1 aromatic rings. The lowest BCUT2D eigenvalue weighted by Gasteiger charge is -1.83. The quantitative estimate of drug-likeness (QED) is 0.686. The van der Waals surface area contributed by atoms with E-state index in [1.165, 1.54) is 6.21 Å². The number of allylic oxidation sites excluding steroid dienone is 1. The van der Waals surface area contributed by atoms with Gasteiger partial charge in [0.25, 0.3) is 0 Å². The summed E-state index contributed by atoms with van der Waals surface area (Å²) < 4.78 is 0.770. The molecular formula is C7H7BrN2. The molecule has 1 rings (SSSR count). The summed E-state index contributed by atoms with van der Waals surface area (Å²) in [6.07, 6.45) is 6.83. The molecule has 3 heteroatoms. The fourth-order valence-corrected chi connectivity index (χ4v) is 0.892. The van der Waals surface area contributed by atoms with Crippen LogP contribution in [0.25, 0.3) is 6.08 Å². The molecule has 0 amide bonds. The predicted molar refractivity (Wildman–Crippen MR) is 46.5 cm³/mol. The van der Waals surface area contributed by atoms with E-state index in [1.54, 1.807) is 0 Å². The van der Waals surface area contributed by atoms with Crippen LogP contribution < -0.4 is 0 Å². The molecule has 0 aliphatic rings. The SMILES string of the molecule is N=C/C(Br)=C\c1cc[nH]c1. The molecule has 0 aliphatic heterocycles. The summed E-state index contributed by atoms with van der Waals surface area (Å²) in [5, 5.41) is 6.86. The Morgan fingerprint density at radius 2 is 2.50 bits per heavy atom. The normalized spacial score (nSPS) is 11.5. The highest BCUT2D eigenvalue weighted by atomic mass is 79.9. The van der Waals surface area contributed by atoms with Crippen molar-refractivity contribution in [3.63, 3.8) is 0 Å². The second kappa shape index (κ2) is 3.37. The molecule has 0 atom stereocenters. The highest BCUT2D eigenvalue weighted by Crippen LogP contribution is 2.08. The van der Waals surface area contributed by atoms with Gasteiger partial charge in [-0.3, -0.25) is 0 Å². The van der Waals surface area contributed by atoms with E-state index in [9.17, 15) is 0 Å². The molecule has 0 unspecified atom stereocenters. The molecule has 0 saturated carbocycles. The molecule has 0 saturated heterocycles. The first-order valence-electron chi connectivity index (χ1n) is 2.83. The standard InChI is InChI=1S/C7H7BrN2/c8-7(4-9)3-6-1-2-10-5-6/h1-5,9-10H/b7-3+,9-4?. The van der Waals surface area contributed by atoms with Gasteiger partial charge in [-0.15, -0.1) is 0 Å². The lowest BCUT2D eigenvalue weighted by atomic mass is 10.3. The van der Waals surface area contributed by atoms with Crippen LogP contribution >= 0.6 is 15.9 Å². The average molecular weight is 199 g/mol. The van der Waals surface area contributed by atoms with E-state index in [2.05, 4.69) is 20.9 Å². The summed E-state index contributed by atoms with van der Waals surface area (Å²) in [5.41, 5.74) is 1.07. The van der Waals surface area contributed by atoms with Gasteiger partial charge in [-0.2, -0.15) is 0 Å². The van der Waals surface area contributed by atoms with Gasteiger partial charge in [0.2, 0.25) is 0 Å². The minimum atomic E-state index is 0.770. The van der Waals surface area contributed by atoms with Crippen molar-refractivity contribution in [3.8, 4) is 0 Å². The zero-order chi connectivity index (χ0) is 7.40. The van der Waals surface area contributed by atoms with E-state index < -0.39 is 0 Å². The van der Waals surface area contributed by atoms with Gasteiger partial charge in [-0.05, 0) is 33.6 Å². The third-order valence-corrected chi connectivity index (χ3v) is 1.52.